The lowest BCUT2D eigenvalue weighted by molar-refractivity contribution is 0.0577. The van der Waals surface area contributed by atoms with Gasteiger partial charge in [0.05, 0.1) is 5.69 Å². The fraction of sp³-hybridized carbons (Fsp3) is 0.500. The highest BCUT2D eigenvalue weighted by Crippen LogP contribution is 2.31. The molecule has 0 saturated heterocycles. The number of pyridine rings is 1. The van der Waals surface area contributed by atoms with Gasteiger partial charge in [-0.25, -0.2) is 14.6 Å². The van der Waals surface area contributed by atoms with Gasteiger partial charge in [0.25, 0.3) is 0 Å². The molecule has 1 aromatic rings. The molecule has 2 rings (SSSR count). The van der Waals surface area contributed by atoms with Gasteiger partial charge in [-0.05, 0) is 45.2 Å². The van der Waals surface area contributed by atoms with E-state index in [4.69, 9.17) is 4.74 Å². The van der Waals surface area contributed by atoms with Gasteiger partial charge in [0.2, 0.25) is 0 Å². The molecule has 1 aromatic heterocycles. The van der Waals surface area contributed by atoms with Crippen molar-refractivity contribution in [1.29, 1.82) is 0 Å². The number of ether oxygens (including phenoxy) is 1. The minimum Gasteiger partial charge on any atom is -0.476 e. The second-order valence-corrected chi connectivity index (χ2v) is 5.71. The quantitative estimate of drug-likeness (QED) is 0.853. The predicted octanol–water partition coefficient (Wildman–Crippen LogP) is 2.47. The van der Waals surface area contributed by atoms with E-state index in [-0.39, 0.29) is 5.69 Å². The maximum Gasteiger partial charge on any atom is 0.414 e. The number of nitrogens with zero attached hydrogens (tertiary/aromatic N) is 2. The van der Waals surface area contributed by atoms with Crippen molar-refractivity contribution >= 4 is 17.7 Å². The molecule has 0 aromatic carbocycles. The summed E-state index contributed by atoms with van der Waals surface area (Å²) in [6, 6.07) is 1.75. The molecule has 2 heterocycles. The van der Waals surface area contributed by atoms with Crippen molar-refractivity contribution in [2.24, 2.45) is 0 Å². The summed E-state index contributed by atoms with van der Waals surface area (Å²) in [6.07, 6.45) is 2.43. The summed E-state index contributed by atoms with van der Waals surface area (Å²) < 4.78 is 5.34. The average Bonchev–Trinajstić information content (AvgIpc) is 2.35. The zero-order valence-corrected chi connectivity index (χ0v) is 11.8. The van der Waals surface area contributed by atoms with Gasteiger partial charge < -0.3 is 9.84 Å². The van der Waals surface area contributed by atoms with Crippen LogP contribution in [0.5, 0.6) is 0 Å². The number of hydrogen-bond acceptors (Lipinski definition) is 4. The Morgan fingerprint density at radius 2 is 2.10 bits per heavy atom. The van der Waals surface area contributed by atoms with Crippen LogP contribution in [0.1, 0.15) is 43.2 Å². The van der Waals surface area contributed by atoms with Crippen molar-refractivity contribution in [2.75, 3.05) is 11.4 Å². The minimum absolute atomic E-state index is 0.104. The molecule has 1 aliphatic heterocycles. The highest BCUT2D eigenvalue weighted by Gasteiger charge is 2.31. The first-order valence-corrected chi connectivity index (χ1v) is 6.51. The smallest absolute Gasteiger partial charge is 0.414 e. The van der Waals surface area contributed by atoms with Crippen LogP contribution in [0.4, 0.5) is 10.5 Å². The standard InChI is InChI=1S/C14H18N2O4/c1-14(2,3)20-13(19)16-8-4-5-9-6-7-15-10(11(9)16)12(17)18/h6-7H,4-5,8H2,1-3H3,(H,17,18). The van der Waals surface area contributed by atoms with Crippen molar-refractivity contribution in [2.45, 2.75) is 39.2 Å². The largest absolute Gasteiger partial charge is 0.476 e. The molecule has 0 bridgehead atoms. The SMILES string of the molecule is CC(C)(C)OC(=O)N1CCCc2ccnc(C(=O)O)c21. The monoisotopic (exact) mass is 278 g/mol. The van der Waals surface area contributed by atoms with E-state index in [0.717, 1.165) is 18.4 Å². The van der Waals surface area contributed by atoms with Crippen LogP contribution >= 0.6 is 0 Å². The minimum atomic E-state index is -1.14. The lowest BCUT2D eigenvalue weighted by Gasteiger charge is -2.32. The molecule has 20 heavy (non-hydrogen) atoms. The number of fused-ring (bicyclic) bond motifs is 1. The van der Waals surface area contributed by atoms with Gasteiger partial charge in [0, 0.05) is 12.7 Å². The number of aromatic carboxylic acids is 1. The third-order valence-corrected chi connectivity index (χ3v) is 2.92. The summed E-state index contributed by atoms with van der Waals surface area (Å²) in [4.78, 5) is 28.8. The predicted molar refractivity (Wildman–Crippen MR) is 73.1 cm³/mol. The molecular formula is C14H18N2O4. The molecule has 1 N–H and O–H groups in total. The zero-order valence-electron chi connectivity index (χ0n) is 11.8. The molecule has 0 unspecified atom stereocenters. The van der Waals surface area contributed by atoms with Crippen molar-refractivity contribution in [3.05, 3.63) is 23.5 Å². The van der Waals surface area contributed by atoms with Crippen LogP contribution < -0.4 is 4.90 Å². The number of carbonyl (C=O) groups is 2. The van der Waals surface area contributed by atoms with Crippen LogP contribution in [-0.2, 0) is 11.2 Å². The van der Waals surface area contributed by atoms with Crippen LogP contribution in [0.2, 0.25) is 0 Å². The van der Waals surface area contributed by atoms with Gasteiger partial charge in [0.15, 0.2) is 5.69 Å². The number of hydrogen-bond donors (Lipinski definition) is 1. The van der Waals surface area contributed by atoms with E-state index in [9.17, 15) is 14.7 Å². The van der Waals surface area contributed by atoms with E-state index < -0.39 is 17.7 Å². The summed E-state index contributed by atoms with van der Waals surface area (Å²) in [5.41, 5.74) is 0.448. The molecule has 0 atom stereocenters. The fourth-order valence-electron chi connectivity index (χ4n) is 2.19. The van der Waals surface area contributed by atoms with E-state index in [1.165, 1.54) is 11.1 Å². The number of rotatable bonds is 1. The molecular weight excluding hydrogens is 260 g/mol. The van der Waals surface area contributed by atoms with Crippen LogP contribution in [0.25, 0.3) is 0 Å². The molecule has 1 aliphatic rings. The number of aryl methyl sites for hydroxylation is 1. The number of carboxylic acids is 1. The van der Waals surface area contributed by atoms with E-state index >= 15 is 0 Å². The normalized spacial score (nSPS) is 14.7. The topological polar surface area (TPSA) is 79.7 Å². The average molecular weight is 278 g/mol. The van der Waals surface area contributed by atoms with Gasteiger partial charge >= 0.3 is 12.1 Å². The molecule has 6 nitrogen and oxygen atoms in total. The fourth-order valence-corrected chi connectivity index (χ4v) is 2.19. The molecule has 6 heteroatoms. The van der Waals surface area contributed by atoms with Gasteiger partial charge in [-0.15, -0.1) is 0 Å². The molecule has 0 saturated carbocycles. The van der Waals surface area contributed by atoms with Crippen LogP contribution in [-0.4, -0.2) is 34.3 Å². The maximum absolute atomic E-state index is 12.2. The lowest BCUT2D eigenvalue weighted by atomic mass is 10.0. The highest BCUT2D eigenvalue weighted by atomic mass is 16.6. The second kappa shape index (κ2) is 5.11. The Morgan fingerprint density at radius 3 is 2.70 bits per heavy atom. The molecule has 1 amide bonds. The van der Waals surface area contributed by atoms with Gasteiger partial charge in [0.1, 0.15) is 5.60 Å². The second-order valence-electron chi connectivity index (χ2n) is 5.71. The first kappa shape index (κ1) is 14.3. The van der Waals surface area contributed by atoms with E-state index in [1.54, 1.807) is 26.8 Å². The molecule has 0 spiro atoms. The van der Waals surface area contributed by atoms with E-state index in [1.807, 2.05) is 0 Å². The van der Waals surface area contributed by atoms with E-state index in [0.29, 0.717) is 12.2 Å². The van der Waals surface area contributed by atoms with Crippen LogP contribution in [0.15, 0.2) is 12.3 Å². The van der Waals surface area contributed by atoms with Crippen molar-refractivity contribution in [3.63, 3.8) is 0 Å². The lowest BCUT2D eigenvalue weighted by Crippen LogP contribution is -2.40. The number of carbonyl (C=O) groups excluding carboxylic acids is 1. The summed E-state index contributed by atoms with van der Waals surface area (Å²) in [5, 5.41) is 9.23. The van der Waals surface area contributed by atoms with Gasteiger partial charge in [-0.1, -0.05) is 0 Å². The Morgan fingerprint density at radius 1 is 1.40 bits per heavy atom. The number of anilines is 1. The third kappa shape index (κ3) is 2.89. The first-order chi connectivity index (χ1) is 9.29. The van der Waals surface area contributed by atoms with Crippen molar-refractivity contribution in [1.82, 2.24) is 4.98 Å². The Labute approximate surface area is 117 Å². The Kier molecular flexibility index (Phi) is 3.65. The molecule has 108 valence electrons. The van der Waals surface area contributed by atoms with E-state index in [2.05, 4.69) is 4.98 Å². The van der Waals surface area contributed by atoms with Crippen LogP contribution in [0, 0.1) is 0 Å². The first-order valence-electron chi connectivity index (χ1n) is 6.51. The van der Waals surface area contributed by atoms with Crippen molar-refractivity contribution in [3.8, 4) is 0 Å². The molecule has 0 aliphatic carbocycles. The number of aromatic nitrogens is 1. The summed E-state index contributed by atoms with van der Waals surface area (Å²) >= 11 is 0. The summed E-state index contributed by atoms with van der Waals surface area (Å²) in [5.74, 6) is -1.14. The summed E-state index contributed by atoms with van der Waals surface area (Å²) in [7, 11) is 0. The number of amides is 1. The highest BCUT2D eigenvalue weighted by molar-refractivity contribution is 5.99. The molecule has 0 fully saturated rings. The van der Waals surface area contributed by atoms with Crippen molar-refractivity contribution < 1.29 is 19.4 Å². The van der Waals surface area contributed by atoms with Gasteiger partial charge in [-0.3, -0.25) is 4.90 Å². The zero-order chi connectivity index (χ0) is 14.9. The molecule has 0 radical (unpaired) electrons. The number of carboxylic acid groups (broad SMARTS) is 1. The Bertz CT molecular complexity index is 549. The third-order valence-electron chi connectivity index (χ3n) is 2.92. The Hall–Kier alpha value is -2.11. The van der Waals surface area contributed by atoms with Crippen LogP contribution in [0.3, 0.4) is 0 Å². The summed E-state index contributed by atoms with van der Waals surface area (Å²) in [6.45, 7) is 5.76. The Balaban J connectivity index is 2.41. The maximum atomic E-state index is 12.2. The van der Waals surface area contributed by atoms with Gasteiger partial charge in [-0.2, -0.15) is 0 Å².